The molecule has 13 heteroatoms. The minimum atomic E-state index is -3.98. The average molecular weight is 790 g/mol. The van der Waals surface area contributed by atoms with Crippen LogP contribution < -0.4 is 10.0 Å². The molecule has 1 aliphatic rings. The number of sulfonamides is 1. The van der Waals surface area contributed by atoms with Crippen molar-refractivity contribution in [3.63, 3.8) is 0 Å². The largest absolute Gasteiger partial charge is 0.392 e. The minimum absolute atomic E-state index is 0.0271. The molecular formula is C43H43N5O6S2. The van der Waals surface area contributed by atoms with Gasteiger partial charge in [0.25, 0.3) is 0 Å². The van der Waals surface area contributed by atoms with E-state index in [1.54, 1.807) is 12.1 Å². The van der Waals surface area contributed by atoms with Gasteiger partial charge in [-0.05, 0) is 58.9 Å². The highest BCUT2D eigenvalue weighted by atomic mass is 32.2. The molecule has 6 aromatic rings. The fourth-order valence-electron chi connectivity index (χ4n) is 6.55. The molecule has 0 spiro atoms. The fraction of sp³-hybridized carbons (Fsp3) is 0.233. The SMILES string of the molecule is Cc1ccc(S(=O)(=O)N[C@H](Cc2ccccc2)C(=O)NCc2ccccc2-c2ccc([C@H]3O[C@@H](CSc4ncn[nH]4)C[C@@H](c4ccc(CO)cc4)O3)cc2)cc1. The van der Waals surface area contributed by atoms with E-state index in [2.05, 4.69) is 25.2 Å². The number of aromatic nitrogens is 3. The summed E-state index contributed by atoms with van der Waals surface area (Å²) in [5.74, 6) is 0.217. The first-order valence-corrected chi connectivity index (χ1v) is 20.8. The van der Waals surface area contributed by atoms with Crippen LogP contribution in [0.3, 0.4) is 0 Å². The van der Waals surface area contributed by atoms with Gasteiger partial charge in [0.2, 0.25) is 15.9 Å². The van der Waals surface area contributed by atoms with Gasteiger partial charge in [0.05, 0.1) is 23.7 Å². The number of carbonyl (C=O) groups excluding carboxylic acids is 1. The van der Waals surface area contributed by atoms with Crippen molar-refractivity contribution >= 4 is 27.7 Å². The number of aryl methyl sites for hydroxylation is 1. The van der Waals surface area contributed by atoms with Crippen LogP contribution in [-0.4, -0.2) is 52.5 Å². The summed E-state index contributed by atoms with van der Waals surface area (Å²) in [7, 11) is -3.98. The lowest BCUT2D eigenvalue weighted by atomic mass is 9.97. The van der Waals surface area contributed by atoms with Gasteiger partial charge in [-0.2, -0.15) is 9.82 Å². The van der Waals surface area contributed by atoms with E-state index in [1.807, 2.05) is 110 Å². The molecule has 1 aliphatic heterocycles. The Morgan fingerprint density at radius 3 is 2.30 bits per heavy atom. The molecule has 5 aromatic carbocycles. The van der Waals surface area contributed by atoms with Gasteiger partial charge >= 0.3 is 0 Å². The Bertz CT molecular complexity index is 2290. The highest BCUT2D eigenvalue weighted by Gasteiger charge is 2.33. The number of carbonyl (C=O) groups is 1. The van der Waals surface area contributed by atoms with Crippen molar-refractivity contribution in [2.75, 3.05) is 5.75 Å². The number of rotatable bonds is 15. The summed E-state index contributed by atoms with van der Waals surface area (Å²) in [5, 5.41) is 20.1. The molecule has 56 heavy (non-hydrogen) atoms. The summed E-state index contributed by atoms with van der Waals surface area (Å²) in [4.78, 5) is 18.1. The zero-order valence-corrected chi connectivity index (χ0v) is 32.4. The number of hydrogen-bond donors (Lipinski definition) is 4. The quantitative estimate of drug-likeness (QED) is 0.0821. The van der Waals surface area contributed by atoms with E-state index in [0.717, 1.165) is 49.7 Å². The molecule has 0 bridgehead atoms. The van der Waals surface area contributed by atoms with Gasteiger partial charge in [0, 0.05) is 24.3 Å². The van der Waals surface area contributed by atoms with Crippen molar-refractivity contribution in [1.29, 1.82) is 0 Å². The third-order valence-electron chi connectivity index (χ3n) is 9.61. The first-order chi connectivity index (χ1) is 27.2. The first-order valence-electron chi connectivity index (χ1n) is 18.3. The van der Waals surface area contributed by atoms with Crippen LogP contribution in [0.2, 0.25) is 0 Å². The van der Waals surface area contributed by atoms with E-state index in [1.165, 1.54) is 30.2 Å². The summed E-state index contributed by atoms with van der Waals surface area (Å²) in [6.45, 7) is 2.04. The number of hydrogen-bond acceptors (Lipinski definition) is 9. The molecule has 0 saturated carbocycles. The number of ether oxygens (including phenoxy) is 2. The van der Waals surface area contributed by atoms with Gasteiger partial charge in [0.1, 0.15) is 12.4 Å². The summed E-state index contributed by atoms with van der Waals surface area (Å²) in [6, 6.07) is 38.4. The molecule has 7 rings (SSSR count). The third-order valence-corrected chi connectivity index (χ3v) is 12.1. The number of nitrogens with one attached hydrogen (secondary N) is 3. The zero-order valence-electron chi connectivity index (χ0n) is 30.7. The Labute approximate surface area is 331 Å². The molecule has 2 heterocycles. The van der Waals surface area contributed by atoms with Crippen LogP contribution in [0.1, 0.15) is 52.2 Å². The maximum absolute atomic E-state index is 13.8. The predicted molar refractivity (Wildman–Crippen MR) is 215 cm³/mol. The van der Waals surface area contributed by atoms with Crippen molar-refractivity contribution < 1.29 is 27.8 Å². The molecule has 0 unspecified atom stereocenters. The van der Waals surface area contributed by atoms with Crippen LogP contribution in [0.4, 0.5) is 0 Å². The van der Waals surface area contributed by atoms with Gasteiger partial charge in [0.15, 0.2) is 11.4 Å². The smallest absolute Gasteiger partial charge is 0.241 e. The number of nitrogens with zero attached hydrogens (tertiary/aromatic N) is 2. The second-order valence-electron chi connectivity index (χ2n) is 13.6. The maximum Gasteiger partial charge on any atom is 0.241 e. The number of aliphatic hydroxyl groups is 1. The molecule has 1 saturated heterocycles. The molecule has 4 atom stereocenters. The van der Waals surface area contributed by atoms with Crippen molar-refractivity contribution in [2.45, 2.75) is 67.5 Å². The van der Waals surface area contributed by atoms with Gasteiger partial charge in [-0.25, -0.2) is 13.4 Å². The van der Waals surface area contributed by atoms with E-state index in [9.17, 15) is 18.3 Å². The monoisotopic (exact) mass is 789 g/mol. The van der Waals surface area contributed by atoms with Crippen molar-refractivity contribution in [2.24, 2.45) is 0 Å². The lowest BCUT2D eigenvalue weighted by Crippen LogP contribution is -2.47. The molecule has 0 aliphatic carbocycles. The van der Waals surface area contributed by atoms with E-state index in [4.69, 9.17) is 9.47 Å². The lowest BCUT2D eigenvalue weighted by molar-refractivity contribution is -0.245. The molecule has 288 valence electrons. The second-order valence-corrected chi connectivity index (χ2v) is 16.3. The van der Waals surface area contributed by atoms with Crippen molar-refractivity contribution in [3.8, 4) is 11.1 Å². The van der Waals surface area contributed by atoms with E-state index in [-0.39, 0.29) is 36.7 Å². The van der Waals surface area contributed by atoms with Crippen LogP contribution in [0.25, 0.3) is 11.1 Å². The average Bonchev–Trinajstić information content (AvgIpc) is 3.76. The Balaban J connectivity index is 1.06. The summed E-state index contributed by atoms with van der Waals surface area (Å²) < 4.78 is 42.5. The summed E-state index contributed by atoms with van der Waals surface area (Å²) >= 11 is 1.54. The highest BCUT2D eigenvalue weighted by molar-refractivity contribution is 7.99. The van der Waals surface area contributed by atoms with Crippen molar-refractivity contribution in [1.82, 2.24) is 25.2 Å². The maximum atomic E-state index is 13.8. The van der Waals surface area contributed by atoms with Crippen LogP contribution in [0.5, 0.6) is 0 Å². The van der Waals surface area contributed by atoms with Gasteiger partial charge in [-0.3, -0.25) is 9.89 Å². The fourth-order valence-corrected chi connectivity index (χ4v) is 8.54. The van der Waals surface area contributed by atoms with E-state index in [0.29, 0.717) is 12.2 Å². The van der Waals surface area contributed by atoms with E-state index < -0.39 is 28.3 Å². The minimum Gasteiger partial charge on any atom is -0.392 e. The Morgan fingerprint density at radius 1 is 0.875 bits per heavy atom. The third kappa shape index (κ3) is 9.98. The highest BCUT2D eigenvalue weighted by Crippen LogP contribution is 2.40. The number of H-pyrrole nitrogens is 1. The Kier molecular flexibility index (Phi) is 12.7. The second kappa shape index (κ2) is 18.2. The number of aromatic amines is 1. The number of benzene rings is 5. The van der Waals surface area contributed by atoms with Gasteiger partial charge < -0.3 is 19.9 Å². The Hall–Kier alpha value is -5.15. The zero-order chi connectivity index (χ0) is 38.9. The molecule has 0 radical (unpaired) electrons. The predicted octanol–water partition coefficient (Wildman–Crippen LogP) is 6.82. The lowest BCUT2D eigenvalue weighted by Gasteiger charge is -2.36. The van der Waals surface area contributed by atoms with Crippen LogP contribution >= 0.6 is 11.8 Å². The van der Waals surface area contributed by atoms with Crippen LogP contribution in [0, 0.1) is 6.92 Å². The van der Waals surface area contributed by atoms with Gasteiger partial charge in [-0.15, -0.1) is 0 Å². The standard InChI is InChI=1S/C43H43N5O6S2/c1-29-11-21-37(22-12-29)56(51,52)48-39(23-30-7-3-2-4-8-30)41(50)44-25-35-9-5-6-10-38(35)32-17-19-34(20-18-32)42-53-36(27-55-43-45-28-46-47-43)24-40(54-42)33-15-13-31(26-49)14-16-33/h2-22,28,36,39-40,42,48-49H,23-27H2,1H3,(H,44,50)(H,45,46,47)/t36-,39-,40+,42+/m1/s1. The van der Waals surface area contributed by atoms with Gasteiger partial charge in [-0.1, -0.05) is 133 Å². The molecule has 1 fully saturated rings. The van der Waals surface area contributed by atoms with Crippen LogP contribution in [0.15, 0.2) is 144 Å². The molecular weight excluding hydrogens is 747 g/mol. The van der Waals surface area contributed by atoms with E-state index >= 15 is 0 Å². The molecule has 1 aromatic heterocycles. The Morgan fingerprint density at radius 2 is 1.59 bits per heavy atom. The molecule has 11 nitrogen and oxygen atoms in total. The van der Waals surface area contributed by atoms with Crippen LogP contribution in [-0.2, 0) is 43.9 Å². The number of amides is 1. The van der Waals surface area contributed by atoms with Crippen molar-refractivity contribution in [3.05, 3.63) is 167 Å². The first kappa shape index (κ1) is 39.1. The summed E-state index contributed by atoms with van der Waals surface area (Å²) in [6.07, 6.45) is 1.32. The number of thioether (sulfide) groups is 1. The molecule has 4 N–H and O–H groups in total. The normalized spacial score (nSPS) is 17.6. The number of aliphatic hydroxyl groups excluding tert-OH is 1. The topological polar surface area (TPSA) is 156 Å². The molecule has 1 amide bonds. The summed E-state index contributed by atoms with van der Waals surface area (Å²) in [5.41, 5.74) is 7.19.